The van der Waals surface area contributed by atoms with Crippen LogP contribution in [-0.4, -0.2) is 19.1 Å². The van der Waals surface area contributed by atoms with Crippen LogP contribution in [0.25, 0.3) is 0 Å². The second kappa shape index (κ2) is 7.49. The van der Waals surface area contributed by atoms with E-state index in [-0.39, 0.29) is 5.56 Å². The Morgan fingerprint density at radius 3 is 2.43 bits per heavy atom. The highest BCUT2D eigenvalue weighted by molar-refractivity contribution is 6.05. The lowest BCUT2D eigenvalue weighted by Crippen LogP contribution is -2.15. The van der Waals surface area contributed by atoms with Gasteiger partial charge in [-0.2, -0.15) is 0 Å². The number of benzene rings is 2. The van der Waals surface area contributed by atoms with Crippen LogP contribution in [0, 0.1) is 5.82 Å². The summed E-state index contributed by atoms with van der Waals surface area (Å²) in [5.41, 5.74) is 6.62. The molecule has 0 radical (unpaired) electrons. The van der Waals surface area contributed by atoms with Crippen molar-refractivity contribution in [3.05, 3.63) is 47.8 Å². The van der Waals surface area contributed by atoms with Crippen molar-refractivity contribution in [1.82, 2.24) is 0 Å². The van der Waals surface area contributed by atoms with Crippen LogP contribution in [0.5, 0.6) is 11.5 Å². The van der Waals surface area contributed by atoms with E-state index in [1.807, 2.05) is 13.8 Å². The molecule has 0 fully saturated rings. The van der Waals surface area contributed by atoms with Crippen LogP contribution in [0.3, 0.4) is 0 Å². The van der Waals surface area contributed by atoms with Gasteiger partial charge in [0.25, 0.3) is 5.91 Å². The number of hydrogen-bond acceptors (Lipinski definition) is 4. The quantitative estimate of drug-likeness (QED) is 0.800. The van der Waals surface area contributed by atoms with Crippen LogP contribution in [0.4, 0.5) is 15.8 Å². The van der Waals surface area contributed by atoms with Crippen molar-refractivity contribution >= 4 is 17.3 Å². The molecule has 0 atom stereocenters. The normalized spacial score (nSPS) is 10.2. The Morgan fingerprint density at radius 2 is 1.78 bits per heavy atom. The summed E-state index contributed by atoms with van der Waals surface area (Å²) in [6, 6.07) is 8.90. The third kappa shape index (κ3) is 3.91. The first-order valence-electron chi connectivity index (χ1n) is 7.31. The number of nitrogens with one attached hydrogen (secondary N) is 1. The van der Waals surface area contributed by atoms with Gasteiger partial charge in [-0.1, -0.05) is 12.1 Å². The third-order valence-electron chi connectivity index (χ3n) is 3.08. The molecule has 2 rings (SSSR count). The second-order valence-electron chi connectivity index (χ2n) is 4.69. The number of ether oxygens (including phenoxy) is 2. The molecule has 2 aromatic rings. The third-order valence-corrected chi connectivity index (χ3v) is 3.08. The smallest absolute Gasteiger partial charge is 0.258 e. The van der Waals surface area contributed by atoms with Crippen molar-refractivity contribution in [2.24, 2.45) is 0 Å². The van der Waals surface area contributed by atoms with Gasteiger partial charge in [-0.25, -0.2) is 4.39 Å². The first kappa shape index (κ1) is 16.6. The molecule has 0 unspecified atom stereocenters. The van der Waals surface area contributed by atoms with E-state index in [2.05, 4.69) is 5.32 Å². The number of halogens is 1. The van der Waals surface area contributed by atoms with Crippen LogP contribution >= 0.6 is 0 Å². The lowest BCUT2D eigenvalue weighted by molar-refractivity contribution is 0.102. The Hall–Kier alpha value is -2.76. The predicted octanol–water partition coefficient (Wildman–Crippen LogP) is 3.46. The van der Waals surface area contributed by atoms with Crippen LogP contribution in [0.2, 0.25) is 0 Å². The van der Waals surface area contributed by atoms with Gasteiger partial charge in [0.05, 0.1) is 30.2 Å². The molecule has 5 nitrogen and oxygen atoms in total. The van der Waals surface area contributed by atoms with Gasteiger partial charge in [-0.15, -0.1) is 0 Å². The molecule has 6 heteroatoms. The Labute approximate surface area is 134 Å². The van der Waals surface area contributed by atoms with E-state index in [1.54, 1.807) is 18.2 Å². The maximum Gasteiger partial charge on any atom is 0.258 e. The summed E-state index contributed by atoms with van der Waals surface area (Å²) in [6.07, 6.45) is 0. The minimum absolute atomic E-state index is 0.0512. The van der Waals surface area contributed by atoms with Gasteiger partial charge in [0.15, 0.2) is 0 Å². The molecule has 0 saturated heterocycles. The van der Waals surface area contributed by atoms with Gasteiger partial charge in [0.2, 0.25) is 0 Å². The van der Waals surface area contributed by atoms with Crippen molar-refractivity contribution in [2.75, 3.05) is 24.3 Å². The zero-order chi connectivity index (χ0) is 16.8. The summed E-state index contributed by atoms with van der Waals surface area (Å²) in [7, 11) is 0. The predicted molar refractivity (Wildman–Crippen MR) is 87.5 cm³/mol. The molecule has 0 spiro atoms. The number of anilines is 2. The van der Waals surface area contributed by atoms with E-state index in [4.69, 9.17) is 15.2 Å². The van der Waals surface area contributed by atoms with Crippen LogP contribution in [0.1, 0.15) is 24.2 Å². The number of rotatable bonds is 6. The number of nitrogen functional groups attached to an aromatic ring is 1. The first-order chi connectivity index (χ1) is 11.1. The van der Waals surface area contributed by atoms with E-state index in [1.165, 1.54) is 18.2 Å². The molecule has 0 aliphatic rings. The molecule has 0 aliphatic carbocycles. The Balaban J connectivity index is 2.35. The Kier molecular flexibility index (Phi) is 5.41. The standard InChI is InChI=1S/C17H19FN2O3/c1-3-22-15-10-14(16(23-4-2)9-13(15)19)20-17(21)11-7-5-6-8-12(11)18/h5-10H,3-4,19H2,1-2H3,(H,20,21). The summed E-state index contributed by atoms with van der Waals surface area (Å²) in [4.78, 5) is 12.3. The van der Waals surface area contributed by atoms with E-state index in [0.717, 1.165) is 0 Å². The van der Waals surface area contributed by atoms with Gasteiger partial charge in [-0.05, 0) is 26.0 Å². The molecule has 0 bridgehead atoms. The van der Waals surface area contributed by atoms with Gasteiger partial charge in [0, 0.05) is 12.1 Å². The second-order valence-corrected chi connectivity index (χ2v) is 4.69. The van der Waals surface area contributed by atoms with E-state index < -0.39 is 11.7 Å². The van der Waals surface area contributed by atoms with Gasteiger partial charge in [-0.3, -0.25) is 4.79 Å². The highest BCUT2D eigenvalue weighted by Gasteiger charge is 2.16. The number of amides is 1. The molecule has 1 amide bonds. The van der Waals surface area contributed by atoms with Crippen molar-refractivity contribution < 1.29 is 18.7 Å². The van der Waals surface area contributed by atoms with E-state index in [0.29, 0.717) is 36.1 Å². The Bertz CT molecular complexity index is 704. The molecule has 2 aromatic carbocycles. The number of carbonyl (C=O) groups excluding carboxylic acids is 1. The summed E-state index contributed by atoms with van der Waals surface area (Å²) < 4.78 is 24.6. The average Bonchev–Trinajstić information content (AvgIpc) is 2.52. The van der Waals surface area contributed by atoms with Gasteiger partial charge in [0.1, 0.15) is 17.3 Å². The fourth-order valence-electron chi connectivity index (χ4n) is 2.06. The average molecular weight is 318 g/mol. The minimum Gasteiger partial charge on any atom is -0.492 e. The SMILES string of the molecule is CCOc1cc(NC(=O)c2ccccc2F)c(OCC)cc1N. The molecular weight excluding hydrogens is 299 g/mol. The fourth-order valence-corrected chi connectivity index (χ4v) is 2.06. The molecule has 0 aromatic heterocycles. The van der Waals surface area contributed by atoms with Crippen LogP contribution in [-0.2, 0) is 0 Å². The molecule has 3 N–H and O–H groups in total. The summed E-state index contributed by atoms with van der Waals surface area (Å²) in [5.74, 6) is -0.336. The van der Waals surface area contributed by atoms with Crippen molar-refractivity contribution in [2.45, 2.75) is 13.8 Å². The van der Waals surface area contributed by atoms with Crippen molar-refractivity contribution in [1.29, 1.82) is 0 Å². The van der Waals surface area contributed by atoms with Gasteiger partial charge >= 0.3 is 0 Å². The van der Waals surface area contributed by atoms with E-state index >= 15 is 0 Å². The molecule has 23 heavy (non-hydrogen) atoms. The molecule has 0 aliphatic heterocycles. The summed E-state index contributed by atoms with van der Waals surface area (Å²) in [6.45, 7) is 4.47. The maximum absolute atomic E-state index is 13.7. The van der Waals surface area contributed by atoms with E-state index in [9.17, 15) is 9.18 Å². The lowest BCUT2D eigenvalue weighted by Gasteiger charge is -2.15. The number of hydrogen-bond donors (Lipinski definition) is 2. The largest absolute Gasteiger partial charge is 0.492 e. The summed E-state index contributed by atoms with van der Waals surface area (Å²) >= 11 is 0. The topological polar surface area (TPSA) is 73.6 Å². The lowest BCUT2D eigenvalue weighted by atomic mass is 10.2. The molecule has 122 valence electrons. The van der Waals surface area contributed by atoms with Crippen molar-refractivity contribution in [3.63, 3.8) is 0 Å². The Morgan fingerprint density at radius 1 is 1.13 bits per heavy atom. The number of carbonyl (C=O) groups is 1. The van der Waals surface area contributed by atoms with Crippen molar-refractivity contribution in [3.8, 4) is 11.5 Å². The first-order valence-corrected chi connectivity index (χ1v) is 7.31. The fraction of sp³-hybridized carbons (Fsp3) is 0.235. The zero-order valence-corrected chi connectivity index (χ0v) is 13.1. The highest BCUT2D eigenvalue weighted by atomic mass is 19.1. The molecule has 0 saturated carbocycles. The van der Waals surface area contributed by atoms with Crippen LogP contribution < -0.4 is 20.5 Å². The van der Waals surface area contributed by atoms with Gasteiger partial charge < -0.3 is 20.5 Å². The highest BCUT2D eigenvalue weighted by Crippen LogP contribution is 2.35. The summed E-state index contributed by atoms with van der Waals surface area (Å²) in [5, 5.41) is 2.64. The maximum atomic E-state index is 13.7. The zero-order valence-electron chi connectivity index (χ0n) is 13.1. The monoisotopic (exact) mass is 318 g/mol. The molecular formula is C17H19FN2O3. The molecule has 0 heterocycles. The van der Waals surface area contributed by atoms with Crippen LogP contribution in [0.15, 0.2) is 36.4 Å². The minimum atomic E-state index is -0.594. The number of nitrogens with two attached hydrogens (primary N) is 1.